The van der Waals surface area contributed by atoms with Crippen LogP contribution in [0.4, 0.5) is 0 Å². The van der Waals surface area contributed by atoms with Gasteiger partial charge in [-0.1, -0.05) is 0 Å². The molecular weight excluding hydrogens is 402 g/mol. The minimum absolute atomic E-state index is 0.503. The van der Waals surface area contributed by atoms with Crippen molar-refractivity contribution >= 4 is 20.7 Å². The van der Waals surface area contributed by atoms with Gasteiger partial charge in [0, 0.05) is 0 Å². The van der Waals surface area contributed by atoms with E-state index in [1.165, 1.54) is 51.4 Å². The van der Waals surface area contributed by atoms with E-state index in [-0.39, 0.29) is 0 Å². The average molecular weight is 427 g/mol. The first-order chi connectivity index (χ1) is 11.2. The summed E-state index contributed by atoms with van der Waals surface area (Å²) in [5, 5.41) is 0. The van der Waals surface area contributed by atoms with Crippen molar-refractivity contribution in [2.24, 2.45) is 17.8 Å². The van der Waals surface area contributed by atoms with Gasteiger partial charge in [0.15, 0.2) is 0 Å². The summed E-state index contributed by atoms with van der Waals surface area (Å²) >= 11 is -2.29. The molecule has 0 bridgehead atoms. The SMILES string of the molecule is [Cl][Zr]([Cl])=[CH]C(C1C=CC2=C1CCCC2)C1C=CC2=C1CCCC2. The van der Waals surface area contributed by atoms with Crippen LogP contribution in [0.5, 0.6) is 0 Å². The van der Waals surface area contributed by atoms with E-state index in [0.717, 1.165) is 0 Å². The number of hydrogen-bond donors (Lipinski definition) is 0. The molecule has 4 rings (SSSR count). The molecule has 0 N–H and O–H groups in total. The van der Waals surface area contributed by atoms with Crippen molar-refractivity contribution in [3.63, 3.8) is 0 Å². The quantitative estimate of drug-likeness (QED) is 0.487. The normalized spacial score (nSPS) is 30.5. The van der Waals surface area contributed by atoms with Crippen molar-refractivity contribution in [1.29, 1.82) is 0 Å². The maximum atomic E-state index is 6.41. The summed E-state index contributed by atoms with van der Waals surface area (Å²) < 4.78 is 2.39. The van der Waals surface area contributed by atoms with Crippen molar-refractivity contribution in [1.82, 2.24) is 0 Å². The second kappa shape index (κ2) is 7.27. The Bertz CT molecular complexity index is 599. The van der Waals surface area contributed by atoms with Crippen LogP contribution >= 0.6 is 17.0 Å². The number of halogens is 2. The summed E-state index contributed by atoms with van der Waals surface area (Å²) in [7, 11) is 12.8. The fourth-order valence-corrected chi connectivity index (χ4v) is 8.47. The van der Waals surface area contributed by atoms with Crippen LogP contribution in [-0.4, -0.2) is 3.71 Å². The van der Waals surface area contributed by atoms with Gasteiger partial charge >= 0.3 is 155 Å². The van der Waals surface area contributed by atoms with Gasteiger partial charge in [0.05, 0.1) is 0 Å². The van der Waals surface area contributed by atoms with Crippen LogP contribution in [-0.2, 0) is 18.9 Å². The van der Waals surface area contributed by atoms with Gasteiger partial charge in [-0.05, 0) is 0 Å². The molecule has 0 aromatic heterocycles. The topological polar surface area (TPSA) is 0 Å². The van der Waals surface area contributed by atoms with Crippen molar-refractivity contribution in [2.75, 3.05) is 0 Å². The fraction of sp³-hybridized carbons (Fsp3) is 0.550. The zero-order valence-corrected chi connectivity index (χ0v) is 17.5. The van der Waals surface area contributed by atoms with Gasteiger partial charge < -0.3 is 0 Å². The van der Waals surface area contributed by atoms with Crippen molar-refractivity contribution in [3.05, 3.63) is 46.6 Å². The second-order valence-electron chi connectivity index (χ2n) is 7.32. The first-order valence-electron chi connectivity index (χ1n) is 9.07. The standard InChI is InChI=1S/C20H24.2ClH.Zr/c1-14(17-12-10-15-6-2-4-8-19(15)17)18-13-11-16-7-3-5-9-20(16)18;;;/h1,10-14,17-18H,2-9H2;2*1H;/q;;;+2/p-2. The Morgan fingerprint density at radius 2 is 1.30 bits per heavy atom. The van der Waals surface area contributed by atoms with Gasteiger partial charge in [0.1, 0.15) is 0 Å². The molecule has 3 heteroatoms. The Morgan fingerprint density at radius 1 is 0.826 bits per heavy atom. The third-order valence-corrected chi connectivity index (χ3v) is 9.13. The molecule has 0 saturated carbocycles. The van der Waals surface area contributed by atoms with E-state index < -0.39 is 18.9 Å². The van der Waals surface area contributed by atoms with Gasteiger partial charge in [-0.3, -0.25) is 0 Å². The molecule has 122 valence electrons. The van der Waals surface area contributed by atoms with Gasteiger partial charge in [0.25, 0.3) is 0 Å². The predicted molar refractivity (Wildman–Crippen MR) is 97.5 cm³/mol. The Morgan fingerprint density at radius 3 is 1.78 bits per heavy atom. The molecule has 23 heavy (non-hydrogen) atoms. The minimum atomic E-state index is -2.29. The molecular formula is C20H24Cl2Zr. The van der Waals surface area contributed by atoms with Crippen LogP contribution in [0.2, 0.25) is 0 Å². The summed E-state index contributed by atoms with van der Waals surface area (Å²) in [5.41, 5.74) is 6.64. The van der Waals surface area contributed by atoms with E-state index in [4.69, 9.17) is 17.0 Å². The molecule has 4 aliphatic rings. The molecule has 0 aliphatic heterocycles. The van der Waals surface area contributed by atoms with E-state index in [9.17, 15) is 0 Å². The molecule has 0 heterocycles. The van der Waals surface area contributed by atoms with E-state index in [0.29, 0.717) is 17.8 Å². The molecule has 0 radical (unpaired) electrons. The zero-order chi connectivity index (χ0) is 15.8. The van der Waals surface area contributed by atoms with Crippen LogP contribution in [0.1, 0.15) is 51.4 Å². The molecule has 0 amide bonds. The summed E-state index contributed by atoms with van der Waals surface area (Å²) in [5.74, 6) is 1.62. The number of allylic oxidation sites excluding steroid dienone is 8. The predicted octanol–water partition coefficient (Wildman–Crippen LogP) is 6.44. The molecule has 0 spiro atoms. The first kappa shape index (κ1) is 16.7. The van der Waals surface area contributed by atoms with Gasteiger partial charge in [0.2, 0.25) is 0 Å². The number of rotatable bonds is 3. The van der Waals surface area contributed by atoms with E-state index in [1.807, 2.05) is 0 Å². The van der Waals surface area contributed by atoms with Gasteiger partial charge in [-0.25, -0.2) is 0 Å². The van der Waals surface area contributed by atoms with Crippen LogP contribution in [0.3, 0.4) is 0 Å². The van der Waals surface area contributed by atoms with Crippen molar-refractivity contribution < 1.29 is 18.9 Å². The van der Waals surface area contributed by atoms with Crippen molar-refractivity contribution in [2.45, 2.75) is 51.4 Å². The fourth-order valence-electron chi connectivity index (χ4n) is 5.02. The van der Waals surface area contributed by atoms with E-state index >= 15 is 0 Å². The molecule has 0 aromatic rings. The third-order valence-electron chi connectivity index (χ3n) is 6.07. The second-order valence-corrected chi connectivity index (χ2v) is 15.5. The molecule has 0 aromatic carbocycles. The van der Waals surface area contributed by atoms with Crippen LogP contribution in [0.25, 0.3) is 0 Å². The summed E-state index contributed by atoms with van der Waals surface area (Å²) in [6, 6.07) is 0. The average Bonchev–Trinajstić information content (AvgIpc) is 3.17. The zero-order valence-electron chi connectivity index (χ0n) is 13.5. The Hall–Kier alpha value is 0.293. The Labute approximate surface area is 154 Å². The molecule has 0 saturated heterocycles. The van der Waals surface area contributed by atoms with E-state index in [2.05, 4.69) is 28.0 Å². The van der Waals surface area contributed by atoms with Crippen LogP contribution in [0.15, 0.2) is 46.6 Å². The van der Waals surface area contributed by atoms with Crippen molar-refractivity contribution in [3.8, 4) is 0 Å². The van der Waals surface area contributed by atoms with Crippen LogP contribution in [0, 0.1) is 17.8 Å². The summed E-state index contributed by atoms with van der Waals surface area (Å²) in [6.45, 7) is 0. The molecule has 2 atom stereocenters. The summed E-state index contributed by atoms with van der Waals surface area (Å²) in [4.78, 5) is 0. The van der Waals surface area contributed by atoms with E-state index in [1.54, 1.807) is 22.3 Å². The molecule has 0 fully saturated rings. The Balaban J connectivity index is 1.68. The number of hydrogen-bond acceptors (Lipinski definition) is 0. The molecule has 0 nitrogen and oxygen atoms in total. The van der Waals surface area contributed by atoms with Gasteiger partial charge in [-0.15, -0.1) is 0 Å². The summed E-state index contributed by atoms with van der Waals surface area (Å²) in [6.07, 6.45) is 20.3. The monoisotopic (exact) mass is 424 g/mol. The first-order valence-corrected chi connectivity index (χ1v) is 16.8. The maximum absolute atomic E-state index is 6.41. The Kier molecular flexibility index (Phi) is 5.29. The van der Waals surface area contributed by atoms with Gasteiger partial charge in [-0.2, -0.15) is 0 Å². The van der Waals surface area contributed by atoms with Crippen LogP contribution < -0.4 is 0 Å². The molecule has 4 aliphatic carbocycles. The third kappa shape index (κ3) is 3.36. The molecule has 2 unspecified atom stereocenters.